The third-order valence-corrected chi connectivity index (χ3v) is 4.71. The van der Waals surface area contributed by atoms with Crippen molar-refractivity contribution in [2.24, 2.45) is 0 Å². The van der Waals surface area contributed by atoms with Gasteiger partial charge >= 0.3 is 11.9 Å². The minimum absolute atomic E-state index is 0.0707. The lowest BCUT2D eigenvalue weighted by Gasteiger charge is -2.15. The van der Waals surface area contributed by atoms with Crippen molar-refractivity contribution in [2.45, 2.75) is 6.18 Å². The maximum Gasteiger partial charge on any atom is 0.418 e. The molecule has 0 aliphatic carbocycles. The number of rotatable bonds is 2. The molecule has 0 spiro atoms. The topological polar surface area (TPSA) is 101 Å². The maximum absolute atomic E-state index is 13.8. The maximum atomic E-state index is 13.8. The summed E-state index contributed by atoms with van der Waals surface area (Å²) in [5, 5.41) is 5.76. The highest BCUT2D eigenvalue weighted by Crippen LogP contribution is 2.36. The van der Waals surface area contributed by atoms with Gasteiger partial charge < -0.3 is 9.55 Å². The van der Waals surface area contributed by atoms with E-state index in [0.717, 1.165) is 16.0 Å². The second kappa shape index (κ2) is 6.17. The second-order valence-electron chi connectivity index (χ2n) is 6.56. The monoisotopic (exact) mass is 412 g/mol. The summed E-state index contributed by atoms with van der Waals surface area (Å²) in [4.78, 5) is 30.7. The minimum Gasteiger partial charge on any atom is -0.317 e. The van der Waals surface area contributed by atoms with E-state index in [2.05, 4.69) is 20.2 Å². The highest BCUT2D eigenvalue weighted by Gasteiger charge is 2.35. The number of halogens is 3. The molecule has 0 unspecified atom stereocenters. The van der Waals surface area contributed by atoms with E-state index in [1.165, 1.54) is 23.2 Å². The Morgan fingerprint density at radius 3 is 2.53 bits per heavy atom. The van der Waals surface area contributed by atoms with Crippen molar-refractivity contribution in [3.8, 4) is 16.9 Å². The lowest BCUT2D eigenvalue weighted by atomic mass is 10.1. The summed E-state index contributed by atoms with van der Waals surface area (Å²) in [6, 6.07) is 11.0. The Hall–Kier alpha value is -4.15. The van der Waals surface area contributed by atoms with Crippen molar-refractivity contribution in [1.29, 1.82) is 0 Å². The van der Waals surface area contributed by atoms with Crippen LogP contribution in [0, 0.1) is 0 Å². The van der Waals surface area contributed by atoms with E-state index < -0.39 is 23.0 Å². The van der Waals surface area contributed by atoms with Crippen LogP contribution in [0.5, 0.6) is 0 Å². The van der Waals surface area contributed by atoms with Gasteiger partial charge in [0.1, 0.15) is 0 Å². The molecule has 11 heteroatoms. The first kappa shape index (κ1) is 17.9. The molecule has 0 bridgehead atoms. The minimum atomic E-state index is -4.71. The quantitative estimate of drug-likeness (QED) is 0.466. The third-order valence-electron chi connectivity index (χ3n) is 4.71. The zero-order valence-electron chi connectivity index (χ0n) is 14.9. The lowest BCUT2D eigenvalue weighted by molar-refractivity contribution is -0.137. The molecule has 0 saturated carbocycles. The van der Waals surface area contributed by atoms with Gasteiger partial charge in [0.15, 0.2) is 0 Å². The van der Waals surface area contributed by atoms with E-state index in [0.29, 0.717) is 5.69 Å². The normalized spacial score (nSPS) is 12.1. The SMILES string of the molecule is O=c1[nH]c2cc(C(F)(F)F)c(-n3cnc(-c4ccccc4)c3)cc2n2c(=O)[nH]nc12. The van der Waals surface area contributed by atoms with Crippen molar-refractivity contribution >= 4 is 16.7 Å². The Morgan fingerprint density at radius 2 is 1.80 bits per heavy atom. The number of alkyl halides is 3. The molecule has 0 atom stereocenters. The van der Waals surface area contributed by atoms with Crippen molar-refractivity contribution in [3.63, 3.8) is 0 Å². The number of hydrogen-bond acceptors (Lipinski definition) is 4. The van der Waals surface area contributed by atoms with Crippen LogP contribution in [-0.4, -0.2) is 29.1 Å². The molecule has 3 heterocycles. The summed E-state index contributed by atoms with van der Waals surface area (Å²) in [5.41, 5.74) is -1.84. The summed E-state index contributed by atoms with van der Waals surface area (Å²) in [6.45, 7) is 0. The standard InChI is InChI=1S/C19H11F3N6O2/c20-19(21,22)11-6-12-15(28-16(17(29)24-12)25-26-18(28)30)7-14(11)27-8-13(23-9-27)10-4-2-1-3-5-10/h1-9H,(H,24,29)(H,26,30). The molecule has 0 fully saturated rings. The molecule has 0 saturated heterocycles. The van der Waals surface area contributed by atoms with Crippen molar-refractivity contribution in [2.75, 3.05) is 0 Å². The molecule has 0 radical (unpaired) electrons. The van der Waals surface area contributed by atoms with E-state index in [1.54, 1.807) is 24.3 Å². The van der Waals surface area contributed by atoms with E-state index in [4.69, 9.17) is 0 Å². The van der Waals surface area contributed by atoms with Crippen LogP contribution in [0.4, 0.5) is 13.2 Å². The fourth-order valence-electron chi connectivity index (χ4n) is 3.37. The van der Waals surface area contributed by atoms with Crippen LogP contribution in [0.1, 0.15) is 5.56 Å². The van der Waals surface area contributed by atoms with Gasteiger partial charge in [0, 0.05) is 11.8 Å². The van der Waals surface area contributed by atoms with Crippen LogP contribution in [0.25, 0.3) is 33.6 Å². The molecule has 30 heavy (non-hydrogen) atoms. The van der Waals surface area contributed by atoms with Gasteiger partial charge in [0.2, 0.25) is 5.65 Å². The van der Waals surface area contributed by atoms with Gasteiger partial charge in [0.25, 0.3) is 5.56 Å². The van der Waals surface area contributed by atoms with E-state index >= 15 is 0 Å². The Bertz CT molecular complexity index is 1530. The fraction of sp³-hybridized carbons (Fsp3) is 0.0526. The number of aromatic amines is 2. The van der Waals surface area contributed by atoms with Gasteiger partial charge in [-0.25, -0.2) is 19.3 Å². The number of nitrogens with zero attached hydrogens (tertiary/aromatic N) is 4. The first-order chi connectivity index (χ1) is 14.3. The zero-order valence-corrected chi connectivity index (χ0v) is 14.9. The van der Waals surface area contributed by atoms with Crippen LogP contribution < -0.4 is 11.2 Å². The summed E-state index contributed by atoms with van der Waals surface area (Å²) in [5.74, 6) is 0. The smallest absolute Gasteiger partial charge is 0.317 e. The van der Waals surface area contributed by atoms with Crippen LogP contribution in [-0.2, 0) is 6.18 Å². The highest BCUT2D eigenvalue weighted by atomic mass is 19.4. The van der Waals surface area contributed by atoms with Gasteiger partial charge in [0.05, 0.1) is 34.3 Å². The molecule has 0 amide bonds. The number of fused-ring (bicyclic) bond motifs is 3. The number of H-pyrrole nitrogens is 2. The highest BCUT2D eigenvalue weighted by molar-refractivity contribution is 5.81. The molecule has 3 aromatic heterocycles. The Labute approximate surface area is 164 Å². The average Bonchev–Trinajstić information content (AvgIpc) is 3.35. The molecule has 150 valence electrons. The van der Waals surface area contributed by atoms with Crippen LogP contribution in [0.15, 0.2) is 64.6 Å². The van der Waals surface area contributed by atoms with Crippen molar-refractivity contribution in [3.05, 3.63) is 81.4 Å². The van der Waals surface area contributed by atoms with Crippen LogP contribution >= 0.6 is 0 Å². The van der Waals surface area contributed by atoms with Gasteiger partial charge in [-0.05, 0) is 12.1 Å². The van der Waals surface area contributed by atoms with Gasteiger partial charge in [-0.2, -0.15) is 13.2 Å². The van der Waals surface area contributed by atoms with E-state index in [1.807, 2.05) is 6.07 Å². The average molecular weight is 412 g/mol. The number of aromatic nitrogens is 6. The number of imidazole rings is 1. The van der Waals surface area contributed by atoms with Gasteiger partial charge in [-0.3, -0.25) is 4.79 Å². The third kappa shape index (κ3) is 2.70. The van der Waals surface area contributed by atoms with Crippen molar-refractivity contribution < 1.29 is 13.2 Å². The number of hydrogen-bond donors (Lipinski definition) is 2. The van der Waals surface area contributed by atoms with Gasteiger partial charge in [-0.15, -0.1) is 5.10 Å². The molecular formula is C19H11F3N6O2. The molecule has 5 rings (SSSR count). The molecule has 2 N–H and O–H groups in total. The first-order valence-electron chi connectivity index (χ1n) is 8.67. The van der Waals surface area contributed by atoms with Crippen molar-refractivity contribution in [1.82, 2.24) is 29.1 Å². The largest absolute Gasteiger partial charge is 0.418 e. The molecule has 0 aliphatic rings. The van der Waals surface area contributed by atoms with Crippen LogP contribution in [0.3, 0.4) is 0 Å². The van der Waals surface area contributed by atoms with E-state index in [-0.39, 0.29) is 22.4 Å². The second-order valence-corrected chi connectivity index (χ2v) is 6.56. The molecule has 2 aromatic carbocycles. The predicted octanol–water partition coefficient (Wildman–Crippen LogP) is 2.74. The van der Waals surface area contributed by atoms with E-state index in [9.17, 15) is 22.8 Å². The fourth-order valence-corrected chi connectivity index (χ4v) is 3.37. The molecular weight excluding hydrogens is 401 g/mol. The molecule has 0 aliphatic heterocycles. The molecule has 8 nitrogen and oxygen atoms in total. The first-order valence-corrected chi connectivity index (χ1v) is 8.67. The Morgan fingerprint density at radius 1 is 1.03 bits per heavy atom. The lowest BCUT2D eigenvalue weighted by Crippen LogP contribution is -2.19. The zero-order chi connectivity index (χ0) is 21.0. The number of benzene rings is 2. The Kier molecular flexibility index (Phi) is 3.69. The summed E-state index contributed by atoms with van der Waals surface area (Å²) in [6.07, 6.45) is -1.99. The van der Waals surface area contributed by atoms with Crippen LogP contribution in [0.2, 0.25) is 0 Å². The number of nitrogens with one attached hydrogen (secondary N) is 2. The predicted molar refractivity (Wildman–Crippen MR) is 101 cm³/mol. The molecule has 5 aromatic rings. The Balaban J connectivity index is 1.82. The summed E-state index contributed by atoms with van der Waals surface area (Å²) < 4.78 is 43.6. The van der Waals surface area contributed by atoms with Gasteiger partial charge in [-0.1, -0.05) is 30.3 Å². The summed E-state index contributed by atoms with van der Waals surface area (Å²) >= 11 is 0. The summed E-state index contributed by atoms with van der Waals surface area (Å²) in [7, 11) is 0.